The van der Waals surface area contributed by atoms with Crippen LogP contribution in [0.5, 0.6) is 5.75 Å². The number of hydrogen-bond acceptors (Lipinski definition) is 12. The van der Waals surface area contributed by atoms with E-state index in [0.717, 1.165) is 17.5 Å². The number of nitrogens with two attached hydrogens (primary N) is 1. The first-order chi connectivity index (χ1) is 31.6. The summed E-state index contributed by atoms with van der Waals surface area (Å²) in [7, 11) is 0. The highest BCUT2D eigenvalue weighted by molar-refractivity contribution is 5.93. The van der Waals surface area contributed by atoms with Crippen LogP contribution in [0.1, 0.15) is 72.0 Å². The number of hydrogen-bond donors (Lipinski definition) is 2. The monoisotopic (exact) mass is 876 g/mol. The van der Waals surface area contributed by atoms with Gasteiger partial charge in [0.15, 0.2) is 12.2 Å². The number of rotatable bonds is 16. The molecule has 1 heterocycles. The molecule has 1 saturated heterocycles. The average molecular weight is 877 g/mol. The van der Waals surface area contributed by atoms with Crippen LogP contribution < -0.4 is 15.8 Å². The topological polar surface area (TPSA) is 179 Å². The summed E-state index contributed by atoms with van der Waals surface area (Å²) in [6.45, 7) is 3.31. The summed E-state index contributed by atoms with van der Waals surface area (Å²) in [5.74, 6) is -3.53. The molecule has 6 atom stereocenters. The van der Waals surface area contributed by atoms with Crippen molar-refractivity contribution in [3.05, 3.63) is 203 Å². The Morgan fingerprint density at radius 1 is 0.585 bits per heavy atom. The van der Waals surface area contributed by atoms with Crippen molar-refractivity contribution in [1.82, 2.24) is 0 Å². The molecule has 1 amide bonds. The van der Waals surface area contributed by atoms with E-state index in [4.69, 9.17) is 34.2 Å². The molecule has 0 aliphatic carbocycles. The summed E-state index contributed by atoms with van der Waals surface area (Å²) in [5, 5.41) is 2.75. The lowest BCUT2D eigenvalue weighted by Gasteiger charge is -2.45. The van der Waals surface area contributed by atoms with Crippen molar-refractivity contribution in [2.75, 3.05) is 11.9 Å². The van der Waals surface area contributed by atoms with Crippen LogP contribution in [0.4, 0.5) is 5.69 Å². The van der Waals surface area contributed by atoms with E-state index < -0.39 is 66.6 Å². The Bertz CT molecular complexity index is 2560. The van der Waals surface area contributed by atoms with Gasteiger partial charge in [0.25, 0.3) is 0 Å². The van der Waals surface area contributed by atoms with Crippen LogP contribution in [0.2, 0.25) is 0 Å². The Kier molecular flexibility index (Phi) is 15.1. The van der Waals surface area contributed by atoms with Crippen LogP contribution in [0.25, 0.3) is 0 Å². The number of ether oxygens (including phenoxy) is 6. The number of anilines is 1. The molecule has 1 aliphatic rings. The number of carbonyl (C=O) groups is 5. The lowest BCUT2D eigenvalue weighted by atomic mass is 9.94. The maximum Gasteiger partial charge on any atom is 0.338 e. The largest absolute Gasteiger partial charge is 0.460 e. The van der Waals surface area contributed by atoms with Crippen LogP contribution in [0.3, 0.4) is 0 Å². The maximum absolute atomic E-state index is 14.2. The minimum atomic E-state index is -1.66. The molecule has 6 aromatic rings. The highest BCUT2D eigenvalue weighted by Crippen LogP contribution is 2.36. The van der Waals surface area contributed by atoms with Gasteiger partial charge in [-0.25, -0.2) is 19.2 Å². The van der Waals surface area contributed by atoms with Crippen molar-refractivity contribution in [2.45, 2.75) is 63.5 Å². The SMILES string of the molecule is CCc1ccc(Cc2ccc(NC(=O)CN)cc2O[C@@H]2O[C@H]([C@@H](C)OC(=O)c3ccccc3)[C@@H](OC(=O)c3ccccc3)[C@H](OC(=O)c3ccccc3)[C@H]2OC(=O)c2ccccc2)cc1. The quantitative estimate of drug-likeness (QED) is 0.0714. The van der Waals surface area contributed by atoms with E-state index in [-0.39, 0.29) is 34.5 Å². The van der Waals surface area contributed by atoms with Crippen molar-refractivity contribution in [3.63, 3.8) is 0 Å². The molecule has 0 spiro atoms. The molecule has 65 heavy (non-hydrogen) atoms. The smallest absolute Gasteiger partial charge is 0.338 e. The van der Waals surface area contributed by atoms with E-state index in [2.05, 4.69) is 12.2 Å². The molecule has 7 rings (SSSR count). The van der Waals surface area contributed by atoms with Gasteiger partial charge in [-0.1, -0.05) is 110 Å². The number of carbonyl (C=O) groups excluding carboxylic acids is 5. The third-order valence-corrected chi connectivity index (χ3v) is 10.7. The Hall–Kier alpha value is -7.61. The van der Waals surface area contributed by atoms with E-state index in [1.54, 1.807) is 115 Å². The van der Waals surface area contributed by atoms with Crippen molar-refractivity contribution in [2.24, 2.45) is 5.73 Å². The van der Waals surface area contributed by atoms with Gasteiger partial charge in [-0.3, -0.25) is 4.79 Å². The van der Waals surface area contributed by atoms with Crippen molar-refractivity contribution >= 4 is 35.5 Å². The Labute approximate surface area is 376 Å². The molecule has 0 saturated carbocycles. The van der Waals surface area contributed by atoms with Gasteiger partial charge in [-0.05, 0) is 84.6 Å². The van der Waals surface area contributed by atoms with Crippen LogP contribution in [0, 0.1) is 0 Å². The molecule has 13 heteroatoms. The molecule has 6 aromatic carbocycles. The Morgan fingerprint density at radius 2 is 1.05 bits per heavy atom. The zero-order valence-electron chi connectivity index (χ0n) is 35.7. The number of nitrogens with one attached hydrogen (secondary N) is 1. The fourth-order valence-electron chi connectivity index (χ4n) is 7.22. The molecule has 13 nitrogen and oxygen atoms in total. The molecule has 3 N–H and O–H groups in total. The van der Waals surface area contributed by atoms with Crippen molar-refractivity contribution < 1.29 is 52.4 Å². The lowest BCUT2D eigenvalue weighted by molar-refractivity contribution is -0.284. The van der Waals surface area contributed by atoms with Crippen LogP contribution >= 0.6 is 0 Å². The van der Waals surface area contributed by atoms with E-state index in [1.807, 2.05) is 24.3 Å². The molecule has 0 bridgehead atoms. The number of aryl methyl sites for hydroxylation is 1. The summed E-state index contributed by atoms with van der Waals surface area (Å²) in [5.41, 5.74) is 9.36. The van der Waals surface area contributed by atoms with E-state index >= 15 is 0 Å². The van der Waals surface area contributed by atoms with Gasteiger partial charge >= 0.3 is 23.9 Å². The summed E-state index contributed by atoms with van der Waals surface area (Å²) < 4.78 is 38.3. The maximum atomic E-state index is 14.2. The van der Waals surface area contributed by atoms with Crippen LogP contribution in [-0.4, -0.2) is 73.1 Å². The highest BCUT2D eigenvalue weighted by Gasteiger charge is 2.56. The molecule has 1 aliphatic heterocycles. The summed E-state index contributed by atoms with van der Waals surface area (Å²) >= 11 is 0. The van der Waals surface area contributed by atoms with Gasteiger partial charge in [-0.2, -0.15) is 0 Å². The molecular weight excluding hydrogens is 829 g/mol. The minimum absolute atomic E-state index is 0.137. The Morgan fingerprint density at radius 3 is 1.54 bits per heavy atom. The molecular formula is C52H48N2O11. The van der Waals surface area contributed by atoms with Crippen molar-refractivity contribution in [1.29, 1.82) is 0 Å². The first kappa shape index (κ1) is 45.4. The van der Waals surface area contributed by atoms with Crippen LogP contribution in [-0.2, 0) is 41.3 Å². The lowest BCUT2D eigenvalue weighted by Crippen LogP contribution is -2.65. The second kappa shape index (κ2) is 21.7. The molecule has 0 aromatic heterocycles. The Balaban J connectivity index is 1.37. The zero-order chi connectivity index (χ0) is 45.7. The normalized spacial score (nSPS) is 18.3. The molecule has 332 valence electrons. The van der Waals surface area contributed by atoms with Gasteiger partial charge in [0.2, 0.25) is 18.3 Å². The third-order valence-electron chi connectivity index (χ3n) is 10.7. The number of benzene rings is 6. The van der Waals surface area contributed by atoms with Gasteiger partial charge in [0.05, 0.1) is 28.8 Å². The predicted octanol–water partition coefficient (Wildman–Crippen LogP) is 7.76. The second-order valence-electron chi connectivity index (χ2n) is 15.2. The minimum Gasteiger partial charge on any atom is -0.460 e. The van der Waals surface area contributed by atoms with Crippen LogP contribution in [0.15, 0.2) is 164 Å². The van der Waals surface area contributed by atoms with Gasteiger partial charge in [0, 0.05) is 18.2 Å². The zero-order valence-corrected chi connectivity index (χ0v) is 35.7. The molecule has 1 fully saturated rings. The fourth-order valence-corrected chi connectivity index (χ4v) is 7.22. The van der Waals surface area contributed by atoms with E-state index in [1.165, 1.54) is 31.2 Å². The number of amides is 1. The first-order valence-corrected chi connectivity index (χ1v) is 21.2. The fraction of sp³-hybridized carbons (Fsp3) is 0.212. The predicted molar refractivity (Wildman–Crippen MR) is 240 cm³/mol. The van der Waals surface area contributed by atoms with Gasteiger partial charge in [0.1, 0.15) is 18.0 Å². The summed E-state index contributed by atoms with van der Waals surface area (Å²) in [6, 6.07) is 45.7. The molecule has 0 unspecified atom stereocenters. The van der Waals surface area contributed by atoms with Gasteiger partial charge < -0.3 is 39.5 Å². The van der Waals surface area contributed by atoms with Gasteiger partial charge in [-0.15, -0.1) is 0 Å². The second-order valence-corrected chi connectivity index (χ2v) is 15.2. The summed E-state index contributed by atoms with van der Waals surface area (Å²) in [6.07, 6.45) is -8.00. The first-order valence-electron chi connectivity index (χ1n) is 21.2. The highest BCUT2D eigenvalue weighted by atomic mass is 16.7. The molecule has 0 radical (unpaired) electrons. The number of esters is 4. The van der Waals surface area contributed by atoms with E-state index in [9.17, 15) is 24.0 Å². The summed E-state index contributed by atoms with van der Waals surface area (Å²) in [4.78, 5) is 68.5. The average Bonchev–Trinajstić information content (AvgIpc) is 3.34. The van der Waals surface area contributed by atoms with Crippen molar-refractivity contribution in [3.8, 4) is 5.75 Å². The standard InChI is InChI=1S/C52H48N2O11/c1-3-34-24-26-35(27-25-34)30-40-28-29-41(54-43(55)32-53)31-42(40)61-52-47(64-51(59)39-22-14-7-15-23-39)46(63-50(58)38-20-12-6-13-21-38)45(62-49(57)37-18-10-5-11-19-37)44(65-52)33(2)60-48(56)36-16-8-4-9-17-36/h4-29,31,33,44-47,52H,3,30,32,53H2,1-2H3,(H,54,55)/t33-,44-,45-,46+,47-,52-/m1/s1. The van der Waals surface area contributed by atoms with E-state index in [0.29, 0.717) is 17.7 Å². The third kappa shape index (κ3) is 11.7.